The molecule has 0 aromatic rings. The summed E-state index contributed by atoms with van der Waals surface area (Å²) in [5.41, 5.74) is -0.394. The van der Waals surface area contributed by atoms with E-state index >= 15 is 0 Å². The Morgan fingerprint density at radius 3 is 2.50 bits per heavy atom. The highest BCUT2D eigenvalue weighted by molar-refractivity contribution is 5.72. The molecule has 1 fully saturated rings. The first-order valence-electron chi connectivity index (χ1n) is 2.43. The zero-order valence-electron chi connectivity index (χ0n) is 4.33. The Bertz CT molecular complexity index is 152. The molecule has 0 atom stereocenters. The Morgan fingerprint density at radius 1 is 1.75 bits per heavy atom. The molecule has 0 unspecified atom stereocenters. The van der Waals surface area contributed by atoms with Gasteiger partial charge in [0.25, 0.3) is 0 Å². The Hall–Kier alpha value is -1.04. The van der Waals surface area contributed by atoms with E-state index in [0.29, 0.717) is 0 Å². The number of nitriles is 1. The van der Waals surface area contributed by atoms with Crippen molar-refractivity contribution in [2.24, 2.45) is 10.6 Å². The lowest BCUT2D eigenvalue weighted by atomic mass is 10.2. The highest BCUT2D eigenvalue weighted by atomic mass is 16.4. The molecular formula is C5H6N2O. The lowest BCUT2D eigenvalue weighted by Gasteiger charge is -1.86. The molecule has 0 amide bonds. The van der Waals surface area contributed by atoms with Gasteiger partial charge in [-0.3, -0.25) is 0 Å². The Balaban J connectivity index is 2.57. The molecule has 0 aliphatic heterocycles. The van der Waals surface area contributed by atoms with E-state index in [0.717, 1.165) is 12.8 Å². The maximum absolute atomic E-state index is 8.34. The number of hydrogen-bond donors (Lipinski definition) is 1. The first-order chi connectivity index (χ1) is 3.83. The summed E-state index contributed by atoms with van der Waals surface area (Å²) < 4.78 is 0. The van der Waals surface area contributed by atoms with Crippen molar-refractivity contribution < 1.29 is 5.21 Å². The summed E-state index contributed by atoms with van der Waals surface area (Å²) in [6.07, 6.45) is 2.98. The maximum Gasteiger partial charge on any atom is 0.0958 e. The van der Waals surface area contributed by atoms with Crippen LogP contribution in [0.2, 0.25) is 0 Å². The smallest absolute Gasteiger partial charge is 0.0958 e. The second-order valence-corrected chi connectivity index (χ2v) is 2.01. The SMILES string of the molecule is N#CC1(/C=N/O)CC1. The molecule has 1 aliphatic rings. The van der Waals surface area contributed by atoms with Crippen molar-refractivity contribution in [3.05, 3.63) is 0 Å². The molecule has 1 saturated carbocycles. The maximum atomic E-state index is 8.34. The van der Waals surface area contributed by atoms with Gasteiger partial charge in [-0.05, 0) is 12.8 Å². The summed E-state index contributed by atoms with van der Waals surface area (Å²) in [6, 6.07) is 2.04. The summed E-state index contributed by atoms with van der Waals surface area (Å²) in [7, 11) is 0. The minimum atomic E-state index is -0.394. The van der Waals surface area contributed by atoms with E-state index in [-0.39, 0.29) is 0 Å². The molecule has 8 heavy (non-hydrogen) atoms. The summed E-state index contributed by atoms with van der Waals surface area (Å²) in [6.45, 7) is 0. The van der Waals surface area contributed by atoms with Crippen LogP contribution in [-0.4, -0.2) is 11.4 Å². The van der Waals surface area contributed by atoms with Crippen LogP contribution in [-0.2, 0) is 0 Å². The second-order valence-electron chi connectivity index (χ2n) is 2.01. The van der Waals surface area contributed by atoms with Crippen LogP contribution in [0.15, 0.2) is 5.16 Å². The van der Waals surface area contributed by atoms with Gasteiger partial charge in [0.2, 0.25) is 0 Å². The standard InChI is InChI=1S/C5H6N2O/c6-3-5(1-2-5)4-7-8/h4,8H,1-2H2/b7-4+. The molecule has 1 N–H and O–H groups in total. The number of oxime groups is 1. The fourth-order valence-corrected chi connectivity index (χ4v) is 0.515. The molecular weight excluding hydrogens is 104 g/mol. The van der Waals surface area contributed by atoms with Crippen LogP contribution < -0.4 is 0 Å². The molecule has 3 nitrogen and oxygen atoms in total. The van der Waals surface area contributed by atoms with Gasteiger partial charge < -0.3 is 5.21 Å². The lowest BCUT2D eigenvalue weighted by Crippen LogP contribution is -1.95. The van der Waals surface area contributed by atoms with Crippen molar-refractivity contribution >= 4 is 6.21 Å². The Kier molecular flexibility index (Phi) is 0.943. The van der Waals surface area contributed by atoms with Crippen molar-refractivity contribution in [2.45, 2.75) is 12.8 Å². The number of rotatable bonds is 1. The third kappa shape index (κ3) is 0.648. The van der Waals surface area contributed by atoms with Crippen LogP contribution in [0.5, 0.6) is 0 Å². The average molecular weight is 110 g/mol. The third-order valence-electron chi connectivity index (χ3n) is 1.32. The predicted octanol–water partition coefficient (Wildman–Crippen LogP) is 0.750. The van der Waals surface area contributed by atoms with Crippen LogP contribution in [0, 0.1) is 16.7 Å². The van der Waals surface area contributed by atoms with Crippen LogP contribution in [0.1, 0.15) is 12.8 Å². The zero-order valence-corrected chi connectivity index (χ0v) is 4.33. The topological polar surface area (TPSA) is 56.4 Å². The molecule has 42 valence electrons. The Morgan fingerprint density at radius 2 is 2.38 bits per heavy atom. The predicted molar refractivity (Wildman–Crippen MR) is 27.6 cm³/mol. The molecule has 0 aromatic carbocycles. The highest BCUT2D eigenvalue weighted by Gasteiger charge is 2.41. The van der Waals surface area contributed by atoms with Crippen molar-refractivity contribution in [2.75, 3.05) is 0 Å². The molecule has 0 saturated heterocycles. The summed E-state index contributed by atoms with van der Waals surface area (Å²) >= 11 is 0. The molecule has 0 heterocycles. The van der Waals surface area contributed by atoms with Gasteiger partial charge in [0.15, 0.2) is 0 Å². The molecule has 0 bridgehead atoms. The third-order valence-corrected chi connectivity index (χ3v) is 1.32. The largest absolute Gasteiger partial charge is 0.411 e. The van der Waals surface area contributed by atoms with E-state index in [9.17, 15) is 0 Å². The number of hydrogen-bond acceptors (Lipinski definition) is 3. The van der Waals surface area contributed by atoms with Gasteiger partial charge in [-0.25, -0.2) is 0 Å². The first-order valence-corrected chi connectivity index (χ1v) is 2.43. The van der Waals surface area contributed by atoms with Gasteiger partial charge in [-0.15, -0.1) is 5.16 Å². The lowest BCUT2D eigenvalue weighted by molar-refractivity contribution is 0.319. The van der Waals surface area contributed by atoms with Crippen LogP contribution in [0.3, 0.4) is 0 Å². The quantitative estimate of drug-likeness (QED) is 0.307. The molecule has 0 radical (unpaired) electrons. The van der Waals surface area contributed by atoms with Crippen molar-refractivity contribution in [3.8, 4) is 6.07 Å². The van der Waals surface area contributed by atoms with Gasteiger partial charge in [-0.2, -0.15) is 5.26 Å². The molecule has 0 spiro atoms. The van der Waals surface area contributed by atoms with Crippen LogP contribution >= 0.6 is 0 Å². The van der Waals surface area contributed by atoms with E-state index in [2.05, 4.69) is 5.16 Å². The molecule has 1 aliphatic carbocycles. The normalized spacial score (nSPS) is 22.9. The van der Waals surface area contributed by atoms with E-state index < -0.39 is 5.41 Å². The summed E-state index contributed by atoms with van der Waals surface area (Å²) in [5.74, 6) is 0. The van der Waals surface area contributed by atoms with E-state index in [1.807, 2.05) is 6.07 Å². The Labute approximate surface area is 47.2 Å². The van der Waals surface area contributed by atoms with Gasteiger partial charge in [-0.1, -0.05) is 0 Å². The first kappa shape index (κ1) is 5.10. The van der Waals surface area contributed by atoms with Crippen molar-refractivity contribution in [3.63, 3.8) is 0 Å². The second kappa shape index (κ2) is 1.48. The van der Waals surface area contributed by atoms with Gasteiger partial charge >= 0.3 is 0 Å². The van der Waals surface area contributed by atoms with Crippen molar-refractivity contribution in [1.82, 2.24) is 0 Å². The van der Waals surface area contributed by atoms with E-state index in [1.54, 1.807) is 0 Å². The van der Waals surface area contributed by atoms with Crippen molar-refractivity contribution in [1.29, 1.82) is 5.26 Å². The molecule has 0 aromatic heterocycles. The fourth-order valence-electron chi connectivity index (χ4n) is 0.515. The van der Waals surface area contributed by atoms with Gasteiger partial charge in [0.05, 0.1) is 17.7 Å². The van der Waals surface area contributed by atoms with Crippen LogP contribution in [0.25, 0.3) is 0 Å². The monoisotopic (exact) mass is 110 g/mol. The summed E-state index contributed by atoms with van der Waals surface area (Å²) in [5, 5.41) is 19.1. The summed E-state index contributed by atoms with van der Waals surface area (Å²) in [4.78, 5) is 0. The highest BCUT2D eigenvalue weighted by Crippen LogP contribution is 2.42. The minimum absolute atomic E-state index is 0.394. The minimum Gasteiger partial charge on any atom is -0.411 e. The zero-order chi connectivity index (χ0) is 6.04. The van der Waals surface area contributed by atoms with E-state index in [4.69, 9.17) is 10.5 Å². The van der Waals surface area contributed by atoms with Gasteiger partial charge in [0.1, 0.15) is 0 Å². The fraction of sp³-hybridized carbons (Fsp3) is 0.600. The van der Waals surface area contributed by atoms with Crippen LogP contribution in [0.4, 0.5) is 0 Å². The van der Waals surface area contributed by atoms with Gasteiger partial charge in [0, 0.05) is 0 Å². The molecule has 1 rings (SSSR count). The van der Waals surface area contributed by atoms with E-state index in [1.165, 1.54) is 6.21 Å². The molecule has 3 heteroatoms. The number of nitrogens with zero attached hydrogens (tertiary/aromatic N) is 2. The average Bonchev–Trinajstić information content (AvgIpc) is 2.50.